The van der Waals surface area contributed by atoms with Crippen LogP contribution in [-0.2, 0) is 17.3 Å². The van der Waals surface area contributed by atoms with Gasteiger partial charge in [-0.3, -0.25) is 18.6 Å². The predicted octanol–water partition coefficient (Wildman–Crippen LogP) is 0.427. The van der Waals surface area contributed by atoms with Gasteiger partial charge in [0.15, 0.2) is 0 Å². The molecule has 1 heterocycles. The summed E-state index contributed by atoms with van der Waals surface area (Å²) in [5.74, 6) is -1.21. The van der Waals surface area contributed by atoms with Gasteiger partial charge in [0.1, 0.15) is 11.4 Å². The molecule has 0 amide bonds. The van der Waals surface area contributed by atoms with Crippen LogP contribution in [0.1, 0.15) is 0 Å². The molecule has 0 radical (unpaired) electrons. The van der Waals surface area contributed by atoms with Gasteiger partial charge in [-0.2, -0.15) is 0 Å². The highest BCUT2D eigenvalue weighted by molar-refractivity contribution is 7.84. The first-order chi connectivity index (χ1) is 9.91. The zero-order chi connectivity index (χ0) is 15.6. The van der Waals surface area contributed by atoms with Crippen molar-refractivity contribution < 1.29 is 13.7 Å². The minimum atomic E-state index is -1.18. The third kappa shape index (κ3) is 3.10. The highest BCUT2D eigenvalue weighted by Crippen LogP contribution is 2.26. The van der Waals surface area contributed by atoms with Crippen LogP contribution in [0.5, 0.6) is 5.88 Å². The molecule has 112 valence electrons. The van der Waals surface area contributed by atoms with Crippen LogP contribution < -0.4 is 11.2 Å². The average Bonchev–Trinajstić information content (AvgIpc) is 2.40. The molecule has 0 saturated heterocycles. The summed E-state index contributed by atoms with van der Waals surface area (Å²) >= 11 is 0. The van der Waals surface area contributed by atoms with Gasteiger partial charge in [0.2, 0.25) is 5.88 Å². The number of rotatable bonds is 4. The van der Waals surface area contributed by atoms with E-state index in [4.69, 9.17) is 0 Å². The lowest BCUT2D eigenvalue weighted by atomic mass is 10.1. The molecule has 2 N–H and O–H groups in total. The molecule has 1 aromatic heterocycles. The van der Waals surface area contributed by atoms with Crippen LogP contribution in [0, 0.1) is 5.82 Å². The Morgan fingerprint density at radius 1 is 1.33 bits per heavy atom. The van der Waals surface area contributed by atoms with Gasteiger partial charge in [-0.1, -0.05) is 18.2 Å². The van der Waals surface area contributed by atoms with E-state index >= 15 is 0 Å². The first-order valence-corrected chi connectivity index (χ1v) is 7.75. The van der Waals surface area contributed by atoms with Gasteiger partial charge in [-0.15, -0.1) is 0 Å². The molecule has 1 atom stereocenters. The maximum Gasteiger partial charge on any atom is 0.331 e. The third-order valence-corrected chi connectivity index (χ3v) is 3.67. The number of aromatic hydroxyl groups is 1. The number of nitrogens with one attached hydrogen (secondary N) is 1. The fourth-order valence-corrected chi connectivity index (χ4v) is 2.33. The van der Waals surface area contributed by atoms with Crippen molar-refractivity contribution in [1.29, 1.82) is 0 Å². The summed E-state index contributed by atoms with van der Waals surface area (Å²) in [5.41, 5.74) is -2.14. The molecule has 21 heavy (non-hydrogen) atoms. The van der Waals surface area contributed by atoms with E-state index < -0.39 is 33.7 Å². The van der Waals surface area contributed by atoms with Gasteiger partial charge >= 0.3 is 5.69 Å². The monoisotopic (exact) mass is 312 g/mol. The van der Waals surface area contributed by atoms with E-state index in [0.29, 0.717) is 0 Å². The molecule has 1 aromatic carbocycles. The van der Waals surface area contributed by atoms with Gasteiger partial charge in [0.25, 0.3) is 5.56 Å². The topological polar surface area (TPSA) is 92.2 Å². The minimum Gasteiger partial charge on any atom is -0.494 e. The Hall–Kier alpha value is -2.22. The van der Waals surface area contributed by atoms with Crippen LogP contribution in [0.25, 0.3) is 11.1 Å². The molecule has 2 rings (SSSR count). The summed E-state index contributed by atoms with van der Waals surface area (Å²) in [7, 11) is -1.18. The van der Waals surface area contributed by atoms with Crippen molar-refractivity contribution in [3.05, 3.63) is 50.9 Å². The molecule has 0 aliphatic carbocycles. The third-order valence-electron chi connectivity index (χ3n) is 2.92. The summed E-state index contributed by atoms with van der Waals surface area (Å²) in [5, 5.41) is 10.1. The van der Waals surface area contributed by atoms with Crippen molar-refractivity contribution in [2.24, 2.45) is 0 Å². The van der Waals surface area contributed by atoms with Crippen LogP contribution >= 0.6 is 0 Å². The van der Waals surface area contributed by atoms with Crippen molar-refractivity contribution in [2.45, 2.75) is 6.54 Å². The zero-order valence-corrected chi connectivity index (χ0v) is 11.9. The predicted molar refractivity (Wildman–Crippen MR) is 77.3 cm³/mol. The number of benzene rings is 1. The van der Waals surface area contributed by atoms with E-state index in [-0.39, 0.29) is 23.4 Å². The van der Waals surface area contributed by atoms with E-state index in [1.807, 2.05) is 4.98 Å². The Morgan fingerprint density at radius 2 is 2.00 bits per heavy atom. The lowest BCUT2D eigenvalue weighted by molar-refractivity contribution is 0.408. The highest BCUT2D eigenvalue weighted by atomic mass is 32.2. The normalized spacial score (nSPS) is 12.3. The Kier molecular flexibility index (Phi) is 4.37. The SMILES string of the molecule is CS(=O)CCn1c(O)c(-c2ccccc2F)c(=O)[nH]c1=O. The minimum absolute atomic E-state index is 0.0496. The molecule has 2 aromatic rings. The molecule has 0 fully saturated rings. The molecule has 0 aliphatic heterocycles. The summed E-state index contributed by atoms with van der Waals surface area (Å²) in [4.78, 5) is 25.6. The van der Waals surface area contributed by atoms with Crippen molar-refractivity contribution in [2.75, 3.05) is 12.0 Å². The lowest BCUT2D eigenvalue weighted by Crippen LogP contribution is -2.32. The van der Waals surface area contributed by atoms with Crippen LogP contribution in [0.4, 0.5) is 4.39 Å². The second-order valence-electron chi connectivity index (χ2n) is 4.37. The standard InChI is InChI=1S/C13H13FN2O4S/c1-21(20)7-6-16-12(18)10(11(17)15-13(16)19)8-4-2-3-5-9(8)14/h2-5,18H,6-7H2,1H3,(H,15,17,19). The number of aromatic nitrogens is 2. The van der Waals surface area contributed by atoms with Gasteiger partial charge in [-0.05, 0) is 6.07 Å². The second-order valence-corrected chi connectivity index (χ2v) is 5.92. The largest absolute Gasteiger partial charge is 0.494 e. The molecule has 0 spiro atoms. The van der Waals surface area contributed by atoms with E-state index in [1.54, 1.807) is 0 Å². The van der Waals surface area contributed by atoms with Crippen molar-refractivity contribution in [3.8, 4) is 17.0 Å². The summed E-state index contributed by atoms with van der Waals surface area (Å²) in [6, 6.07) is 5.42. The highest BCUT2D eigenvalue weighted by Gasteiger charge is 2.18. The van der Waals surface area contributed by atoms with Gasteiger partial charge in [-0.25, -0.2) is 9.18 Å². The average molecular weight is 312 g/mol. The molecule has 0 aliphatic rings. The summed E-state index contributed by atoms with van der Waals surface area (Å²) in [6.45, 7) is -0.0496. The molecule has 8 heteroatoms. The maximum atomic E-state index is 13.8. The van der Waals surface area contributed by atoms with Gasteiger partial charge in [0.05, 0.1) is 0 Å². The van der Waals surface area contributed by atoms with E-state index in [1.165, 1.54) is 24.5 Å². The number of H-pyrrole nitrogens is 1. The first-order valence-electron chi connectivity index (χ1n) is 6.03. The molecular weight excluding hydrogens is 299 g/mol. The van der Waals surface area contributed by atoms with E-state index in [0.717, 1.165) is 10.6 Å². The number of nitrogens with zero attached hydrogens (tertiary/aromatic N) is 1. The molecule has 1 unspecified atom stereocenters. The lowest BCUT2D eigenvalue weighted by Gasteiger charge is -2.11. The van der Waals surface area contributed by atoms with Gasteiger partial charge in [0, 0.05) is 34.9 Å². The number of hydrogen-bond donors (Lipinski definition) is 2. The number of hydrogen-bond acceptors (Lipinski definition) is 4. The number of halogens is 1. The van der Waals surface area contributed by atoms with Gasteiger partial charge < -0.3 is 5.11 Å². The quantitative estimate of drug-likeness (QED) is 0.856. The molecule has 0 bridgehead atoms. The molecule has 0 saturated carbocycles. The fraction of sp³-hybridized carbons (Fsp3) is 0.231. The first kappa shape index (κ1) is 15.2. The van der Waals surface area contributed by atoms with Crippen molar-refractivity contribution in [1.82, 2.24) is 9.55 Å². The van der Waals surface area contributed by atoms with E-state index in [9.17, 15) is 23.3 Å². The zero-order valence-electron chi connectivity index (χ0n) is 11.1. The Morgan fingerprint density at radius 3 is 2.62 bits per heavy atom. The van der Waals surface area contributed by atoms with Crippen LogP contribution in [-0.4, -0.2) is 30.9 Å². The van der Waals surface area contributed by atoms with Crippen molar-refractivity contribution >= 4 is 10.8 Å². The maximum absolute atomic E-state index is 13.8. The smallest absolute Gasteiger partial charge is 0.331 e. The van der Waals surface area contributed by atoms with Crippen molar-refractivity contribution in [3.63, 3.8) is 0 Å². The Labute approximate surface area is 121 Å². The van der Waals surface area contributed by atoms with E-state index in [2.05, 4.69) is 0 Å². The Bertz CT molecular complexity index is 813. The summed E-state index contributed by atoms with van der Waals surface area (Å²) < 4.78 is 25.7. The van der Waals surface area contributed by atoms with Crippen LogP contribution in [0.15, 0.2) is 33.9 Å². The molecule has 6 nitrogen and oxygen atoms in total. The van der Waals surface area contributed by atoms with Crippen LogP contribution in [0.3, 0.4) is 0 Å². The fourth-order valence-electron chi connectivity index (χ4n) is 1.89. The second kappa shape index (κ2) is 6.04. The Balaban J connectivity index is 2.65. The number of aromatic amines is 1. The molecular formula is C13H13FN2O4S. The van der Waals surface area contributed by atoms with Crippen LogP contribution in [0.2, 0.25) is 0 Å². The summed E-state index contributed by atoms with van der Waals surface area (Å²) in [6.07, 6.45) is 1.45.